The molecule has 0 unspecified atom stereocenters. The smallest absolute Gasteiger partial charge is 0 e. The zero-order chi connectivity index (χ0) is 6.00. The van der Waals surface area contributed by atoms with Crippen LogP contribution in [0.1, 0.15) is 15.3 Å². The van der Waals surface area contributed by atoms with Gasteiger partial charge in [-0.25, -0.2) is 0 Å². The van der Waals surface area contributed by atoms with Crippen LogP contribution in [0.2, 0.25) is 0 Å². The molecular weight excluding hydrogens is 76.1 g/mol. The molecule has 2 nitrogen and oxygen atoms in total. The lowest BCUT2D eigenvalue weighted by atomic mass is 11.0. The van der Waals surface area contributed by atoms with E-state index in [4.69, 9.17) is 0 Å². The van der Waals surface area contributed by atoms with Crippen molar-refractivity contribution in [1.29, 1.82) is 0 Å². The number of hydrogen-bond donors (Lipinski definition) is 2. The average molecular weight is 94.2 g/mol. The fraction of sp³-hybridized carbons (Fsp3) is 1.00. The van der Waals surface area contributed by atoms with Crippen LogP contribution < -0.4 is 11.5 Å². The Balaban J connectivity index is -0.00000000900. The first-order valence-corrected chi connectivity index (χ1v) is 2.15. The summed E-state index contributed by atoms with van der Waals surface area (Å²) < 4.78 is 0. The first-order chi connectivity index (χ1) is 3.00. The molecule has 0 spiro atoms. The molecular formula is C4H18N2. The molecule has 0 amide bonds. The van der Waals surface area contributed by atoms with Crippen molar-refractivity contribution in [3.8, 4) is 0 Å². The van der Waals surface area contributed by atoms with E-state index >= 15 is 0 Å². The lowest BCUT2D eigenvalue weighted by Crippen LogP contribution is -1.69. The maximum Gasteiger partial charge on any atom is 0 e. The molecule has 0 radical (unpaired) electrons. The van der Waals surface area contributed by atoms with Crippen LogP contribution >= 0.6 is 0 Å². The molecule has 0 aromatic heterocycles. The molecule has 44 valence electrons. The van der Waals surface area contributed by atoms with Crippen molar-refractivity contribution >= 4 is 0 Å². The Kier molecular flexibility index (Phi) is 33100. The summed E-state index contributed by atoms with van der Waals surface area (Å²) in [4.78, 5) is 0. The third-order valence-electron chi connectivity index (χ3n) is 0. The highest BCUT2D eigenvalue weighted by Gasteiger charge is 0.932. The molecule has 2 heteroatoms. The lowest BCUT2D eigenvalue weighted by molar-refractivity contribution is 1.48. The summed E-state index contributed by atoms with van der Waals surface area (Å²) in [5, 5.41) is 0. The van der Waals surface area contributed by atoms with Crippen LogP contribution in [0, 0.1) is 0 Å². The Morgan fingerprint density at radius 2 is 0.833 bits per heavy atom. The molecule has 0 saturated carbocycles. The van der Waals surface area contributed by atoms with Gasteiger partial charge >= 0.3 is 0 Å². The fourth-order valence-electron chi connectivity index (χ4n) is 0. The van der Waals surface area contributed by atoms with E-state index in [1.165, 1.54) is 14.1 Å². The minimum atomic E-state index is 0. The van der Waals surface area contributed by atoms with Crippen molar-refractivity contribution in [1.82, 2.24) is 0 Å². The third kappa shape index (κ3) is 5220. The van der Waals surface area contributed by atoms with Gasteiger partial charge in [0.1, 0.15) is 0 Å². The van der Waals surface area contributed by atoms with Crippen LogP contribution in [-0.2, 0) is 0 Å². The van der Waals surface area contributed by atoms with Crippen molar-refractivity contribution in [3.05, 3.63) is 0 Å². The number of nitrogens with two attached hydrogens (primary N) is 2. The Labute approximate surface area is 42.0 Å². The van der Waals surface area contributed by atoms with E-state index in [0.29, 0.717) is 0 Å². The summed E-state index contributed by atoms with van der Waals surface area (Å²) in [6.45, 7) is 4.00. The Morgan fingerprint density at radius 3 is 0.833 bits per heavy atom. The van der Waals surface area contributed by atoms with Gasteiger partial charge in [-0.05, 0) is 14.1 Å². The van der Waals surface area contributed by atoms with Crippen LogP contribution in [0.3, 0.4) is 0 Å². The predicted molar refractivity (Wildman–Crippen MR) is 33.7 cm³/mol. The van der Waals surface area contributed by atoms with Crippen molar-refractivity contribution in [2.24, 2.45) is 11.5 Å². The van der Waals surface area contributed by atoms with Gasteiger partial charge in [0.2, 0.25) is 0 Å². The quantitative estimate of drug-likeness (QED) is 0.457. The van der Waals surface area contributed by atoms with E-state index in [9.17, 15) is 0 Å². The third-order valence-corrected chi connectivity index (χ3v) is 0. The Bertz CT molecular complexity index is 9.65. The van der Waals surface area contributed by atoms with E-state index in [-0.39, 0.29) is 1.43 Å². The monoisotopic (exact) mass is 94.1 g/mol. The van der Waals surface area contributed by atoms with Gasteiger partial charge in [-0.15, -0.1) is 0 Å². The van der Waals surface area contributed by atoms with E-state index in [1.807, 2.05) is 13.8 Å². The first kappa shape index (κ1) is 16.8. The van der Waals surface area contributed by atoms with Crippen LogP contribution in [0.25, 0.3) is 0 Å². The molecule has 0 heterocycles. The van der Waals surface area contributed by atoms with Crippen molar-refractivity contribution in [2.45, 2.75) is 13.8 Å². The second-order valence-electron chi connectivity index (χ2n) is 0. The highest BCUT2D eigenvalue weighted by Crippen LogP contribution is 1.14. The zero-order valence-electron chi connectivity index (χ0n) is 5.15. The molecule has 0 bridgehead atoms. The van der Waals surface area contributed by atoms with Gasteiger partial charge in [0, 0.05) is 1.43 Å². The fourth-order valence-corrected chi connectivity index (χ4v) is 0. The highest BCUT2D eigenvalue weighted by atomic mass is 14.4. The summed E-state index contributed by atoms with van der Waals surface area (Å²) in [5.74, 6) is 0. The summed E-state index contributed by atoms with van der Waals surface area (Å²) in [7, 11) is 3.00. The van der Waals surface area contributed by atoms with Crippen molar-refractivity contribution < 1.29 is 1.43 Å². The maximum absolute atomic E-state index is 4.50. The van der Waals surface area contributed by atoms with Crippen molar-refractivity contribution in [2.75, 3.05) is 14.1 Å². The normalized spacial score (nSPS) is 3.00. The Hall–Kier alpha value is -0.0800. The molecule has 4 N–H and O–H groups in total. The summed E-state index contributed by atoms with van der Waals surface area (Å²) >= 11 is 0. The predicted octanol–water partition coefficient (Wildman–Crippen LogP) is 0.422. The molecule has 0 aromatic rings. The Morgan fingerprint density at radius 1 is 0.833 bits per heavy atom. The van der Waals surface area contributed by atoms with Crippen molar-refractivity contribution in [3.63, 3.8) is 0 Å². The van der Waals surface area contributed by atoms with E-state index in [1.54, 1.807) is 0 Å². The van der Waals surface area contributed by atoms with Gasteiger partial charge in [0.25, 0.3) is 0 Å². The molecule has 0 atom stereocenters. The maximum atomic E-state index is 4.50. The second-order valence-corrected chi connectivity index (χ2v) is 0. The van der Waals surface area contributed by atoms with Gasteiger partial charge in [0.15, 0.2) is 0 Å². The minimum Gasteiger partial charge on any atom is -0.333 e. The van der Waals surface area contributed by atoms with E-state index in [0.717, 1.165) is 0 Å². The van der Waals surface area contributed by atoms with Crippen LogP contribution in [0.4, 0.5) is 0 Å². The molecule has 0 aliphatic carbocycles. The largest absolute Gasteiger partial charge is 0.333 e. The number of hydrogen-bond acceptors (Lipinski definition) is 2. The summed E-state index contributed by atoms with van der Waals surface area (Å²) in [5.41, 5.74) is 9.00. The summed E-state index contributed by atoms with van der Waals surface area (Å²) in [6.07, 6.45) is 0. The van der Waals surface area contributed by atoms with Gasteiger partial charge < -0.3 is 11.5 Å². The highest BCUT2D eigenvalue weighted by molar-refractivity contribution is 3.54. The van der Waals surface area contributed by atoms with Gasteiger partial charge in [-0.2, -0.15) is 0 Å². The molecule has 0 rings (SSSR count). The standard InChI is InChI=1S/C2H6.2CH5N.H2/c3*1-2;/h1-2H3;2*2H2,1H3;1H. The van der Waals surface area contributed by atoms with Crippen LogP contribution in [0.5, 0.6) is 0 Å². The van der Waals surface area contributed by atoms with Gasteiger partial charge in [-0.3, -0.25) is 0 Å². The molecule has 0 aromatic carbocycles. The lowest BCUT2D eigenvalue weighted by Gasteiger charge is -1.19. The molecule has 0 aliphatic rings. The SMILES string of the molecule is CC.CN.CN.[HH]. The molecule has 0 aliphatic heterocycles. The van der Waals surface area contributed by atoms with E-state index < -0.39 is 0 Å². The van der Waals surface area contributed by atoms with Gasteiger partial charge in [-0.1, -0.05) is 13.8 Å². The topological polar surface area (TPSA) is 52.0 Å². The molecule has 0 saturated heterocycles. The van der Waals surface area contributed by atoms with E-state index in [2.05, 4.69) is 11.5 Å². The molecule has 6 heavy (non-hydrogen) atoms. The first-order valence-electron chi connectivity index (χ1n) is 2.15. The second kappa shape index (κ2) is 11800. The minimum absolute atomic E-state index is 0. The number of rotatable bonds is 0. The summed E-state index contributed by atoms with van der Waals surface area (Å²) in [6, 6.07) is 0. The van der Waals surface area contributed by atoms with Crippen LogP contribution in [0.15, 0.2) is 0 Å². The zero-order valence-corrected chi connectivity index (χ0v) is 5.15. The average Bonchev–Trinajstić information content (AvgIpc) is 1.81. The molecule has 0 fully saturated rings. The van der Waals surface area contributed by atoms with Gasteiger partial charge in [0.05, 0.1) is 0 Å². The van der Waals surface area contributed by atoms with Crippen LogP contribution in [-0.4, -0.2) is 14.1 Å².